The van der Waals surface area contributed by atoms with Crippen molar-refractivity contribution in [2.75, 3.05) is 23.9 Å². The number of nitrogens with one attached hydrogen (secondary N) is 1. The summed E-state index contributed by atoms with van der Waals surface area (Å²) in [5.74, 6) is 0.289. The molecule has 5 nitrogen and oxygen atoms in total. The van der Waals surface area contributed by atoms with Gasteiger partial charge >= 0.3 is 6.03 Å². The highest BCUT2D eigenvalue weighted by atomic mass is 35.5. The van der Waals surface area contributed by atoms with Crippen molar-refractivity contribution in [3.05, 3.63) is 63.6 Å². The quantitative estimate of drug-likeness (QED) is 0.751. The molecule has 136 valence electrons. The smallest absolute Gasteiger partial charge is 0.322 e. The fourth-order valence-electron chi connectivity index (χ4n) is 2.76. The van der Waals surface area contributed by atoms with E-state index in [0.717, 1.165) is 0 Å². The molecule has 0 aliphatic carbocycles. The number of urea groups is 1. The van der Waals surface area contributed by atoms with Gasteiger partial charge in [0.05, 0.1) is 17.9 Å². The molecule has 2 aromatic carbocycles. The van der Waals surface area contributed by atoms with E-state index in [1.54, 1.807) is 24.3 Å². The van der Waals surface area contributed by atoms with Crippen LogP contribution < -0.4 is 10.2 Å². The monoisotopic (exact) mass is 411 g/mol. The van der Waals surface area contributed by atoms with E-state index in [4.69, 9.17) is 34.8 Å². The molecule has 1 unspecified atom stereocenters. The number of benzene rings is 2. The SMILES string of the molecule is O=C(NCCCl)N1CC(O)N=C(c2ccccc2Cl)c2cc(Cl)ccc21. The number of fused-ring (bicyclic) bond motifs is 1. The van der Waals surface area contributed by atoms with Gasteiger partial charge in [-0.15, -0.1) is 11.6 Å². The largest absolute Gasteiger partial charge is 0.370 e. The maximum atomic E-state index is 12.5. The number of hydrogen-bond acceptors (Lipinski definition) is 3. The van der Waals surface area contributed by atoms with Crippen LogP contribution in [-0.2, 0) is 0 Å². The van der Waals surface area contributed by atoms with E-state index < -0.39 is 6.23 Å². The molecule has 0 aromatic heterocycles. The maximum absolute atomic E-state index is 12.5. The molecular weight excluding hydrogens is 397 g/mol. The van der Waals surface area contributed by atoms with Crippen molar-refractivity contribution in [2.45, 2.75) is 6.23 Å². The Morgan fingerprint density at radius 2 is 2.00 bits per heavy atom. The molecule has 2 amide bonds. The predicted molar refractivity (Wildman–Crippen MR) is 106 cm³/mol. The number of amides is 2. The van der Waals surface area contributed by atoms with Crippen molar-refractivity contribution in [3.8, 4) is 0 Å². The number of nitrogens with zero attached hydrogens (tertiary/aromatic N) is 2. The highest BCUT2D eigenvalue weighted by Gasteiger charge is 2.28. The molecule has 8 heteroatoms. The summed E-state index contributed by atoms with van der Waals surface area (Å²) < 4.78 is 0. The zero-order valence-corrected chi connectivity index (χ0v) is 15.9. The maximum Gasteiger partial charge on any atom is 0.322 e. The van der Waals surface area contributed by atoms with Gasteiger partial charge in [0, 0.05) is 33.6 Å². The lowest BCUT2D eigenvalue weighted by Gasteiger charge is -2.24. The minimum atomic E-state index is -1.12. The molecule has 0 bridgehead atoms. The van der Waals surface area contributed by atoms with Crippen LogP contribution in [0.1, 0.15) is 11.1 Å². The molecule has 1 heterocycles. The van der Waals surface area contributed by atoms with Crippen LogP contribution in [0.2, 0.25) is 10.0 Å². The van der Waals surface area contributed by atoms with Crippen LogP contribution in [0, 0.1) is 0 Å². The van der Waals surface area contributed by atoms with Gasteiger partial charge in [-0.3, -0.25) is 9.89 Å². The third-order valence-electron chi connectivity index (χ3n) is 3.87. The van der Waals surface area contributed by atoms with E-state index in [9.17, 15) is 9.90 Å². The van der Waals surface area contributed by atoms with E-state index in [2.05, 4.69) is 10.3 Å². The van der Waals surface area contributed by atoms with E-state index >= 15 is 0 Å². The summed E-state index contributed by atoms with van der Waals surface area (Å²) in [7, 11) is 0. The molecule has 3 rings (SSSR count). The fourth-order valence-corrected chi connectivity index (χ4v) is 3.26. The first-order chi connectivity index (χ1) is 12.5. The van der Waals surface area contributed by atoms with Gasteiger partial charge in [0.2, 0.25) is 0 Å². The summed E-state index contributed by atoms with van der Waals surface area (Å²) in [4.78, 5) is 18.4. The van der Waals surface area contributed by atoms with E-state index in [0.29, 0.717) is 39.1 Å². The van der Waals surface area contributed by atoms with Gasteiger partial charge in [0.15, 0.2) is 6.23 Å². The van der Waals surface area contributed by atoms with Crippen LogP contribution in [0.25, 0.3) is 0 Å². The van der Waals surface area contributed by atoms with Gasteiger partial charge in [0.25, 0.3) is 0 Å². The number of halogens is 3. The van der Waals surface area contributed by atoms with Crippen LogP contribution in [0.5, 0.6) is 0 Å². The number of aliphatic hydroxyl groups is 1. The average molecular weight is 413 g/mol. The standard InChI is InChI=1S/C18H16Cl3N3O2/c19-7-8-22-18(26)24-10-16(25)23-17(12-3-1-2-4-14(12)21)13-9-11(20)5-6-15(13)24/h1-6,9,16,25H,7-8,10H2,(H,22,26). The molecule has 2 aromatic rings. The van der Waals surface area contributed by atoms with Crippen molar-refractivity contribution in [1.29, 1.82) is 0 Å². The van der Waals surface area contributed by atoms with E-state index in [1.165, 1.54) is 4.90 Å². The number of aliphatic hydroxyl groups excluding tert-OH is 1. The summed E-state index contributed by atoms with van der Waals surface area (Å²) in [5, 5.41) is 14.1. The molecule has 26 heavy (non-hydrogen) atoms. The highest BCUT2D eigenvalue weighted by molar-refractivity contribution is 6.36. The number of alkyl halides is 1. The lowest BCUT2D eigenvalue weighted by Crippen LogP contribution is -2.44. The first-order valence-electron chi connectivity index (χ1n) is 7.93. The Labute approximate surface area is 166 Å². The van der Waals surface area contributed by atoms with Gasteiger partial charge in [-0.1, -0.05) is 41.4 Å². The number of β-amino-alcohol motifs (C(OH)–C–C–N with tert-alkyl or cyclic N) is 1. The summed E-state index contributed by atoms with van der Waals surface area (Å²) in [6.45, 7) is 0.310. The van der Waals surface area contributed by atoms with Crippen molar-refractivity contribution < 1.29 is 9.90 Å². The van der Waals surface area contributed by atoms with Crippen molar-refractivity contribution in [3.63, 3.8) is 0 Å². The number of carbonyl (C=O) groups excluding carboxylic acids is 1. The zero-order valence-electron chi connectivity index (χ0n) is 13.6. The number of carbonyl (C=O) groups is 1. The second-order valence-electron chi connectivity index (χ2n) is 5.63. The zero-order chi connectivity index (χ0) is 18.7. The van der Waals surface area contributed by atoms with Crippen LogP contribution in [-0.4, -0.2) is 42.0 Å². The van der Waals surface area contributed by atoms with Crippen molar-refractivity contribution in [2.24, 2.45) is 4.99 Å². The minimum Gasteiger partial charge on any atom is -0.370 e. The molecule has 1 aliphatic rings. The Kier molecular flexibility index (Phi) is 6.04. The topological polar surface area (TPSA) is 64.9 Å². The molecule has 1 aliphatic heterocycles. The third kappa shape index (κ3) is 3.96. The van der Waals surface area contributed by atoms with Gasteiger partial charge in [0.1, 0.15) is 0 Å². The van der Waals surface area contributed by atoms with Gasteiger partial charge in [-0.25, -0.2) is 4.79 Å². The number of rotatable bonds is 3. The van der Waals surface area contributed by atoms with E-state index in [1.807, 2.05) is 18.2 Å². The molecule has 0 radical (unpaired) electrons. The first kappa shape index (κ1) is 19.0. The van der Waals surface area contributed by atoms with E-state index in [-0.39, 0.29) is 18.5 Å². The van der Waals surface area contributed by atoms with Crippen LogP contribution >= 0.6 is 34.8 Å². The third-order valence-corrected chi connectivity index (χ3v) is 4.63. The van der Waals surface area contributed by atoms with Crippen LogP contribution in [0.3, 0.4) is 0 Å². The molecule has 0 spiro atoms. The average Bonchev–Trinajstić information content (AvgIpc) is 2.76. The Morgan fingerprint density at radius 3 is 2.73 bits per heavy atom. The number of anilines is 1. The Bertz CT molecular complexity index is 857. The number of aliphatic imine (C=N–C) groups is 1. The highest BCUT2D eigenvalue weighted by Crippen LogP contribution is 2.32. The van der Waals surface area contributed by atoms with Crippen LogP contribution in [0.15, 0.2) is 47.5 Å². The summed E-state index contributed by atoms with van der Waals surface area (Å²) >= 11 is 18.2. The van der Waals surface area contributed by atoms with Gasteiger partial charge < -0.3 is 10.4 Å². The lowest BCUT2D eigenvalue weighted by molar-refractivity contribution is 0.188. The first-order valence-corrected chi connectivity index (χ1v) is 9.22. The fraction of sp³-hybridized carbons (Fsp3) is 0.222. The molecular formula is C18H16Cl3N3O2. The Balaban J connectivity index is 2.13. The van der Waals surface area contributed by atoms with Gasteiger partial charge in [-0.05, 0) is 24.3 Å². The molecule has 1 atom stereocenters. The number of benzodiazepines with no additional fused rings is 1. The molecule has 0 fully saturated rings. The Morgan fingerprint density at radius 1 is 1.23 bits per heavy atom. The minimum absolute atomic E-state index is 0.00327. The van der Waals surface area contributed by atoms with Crippen LogP contribution in [0.4, 0.5) is 10.5 Å². The second-order valence-corrected chi connectivity index (χ2v) is 6.85. The Hall–Kier alpha value is -1.79. The summed E-state index contributed by atoms with van der Waals surface area (Å²) in [6, 6.07) is 11.9. The summed E-state index contributed by atoms with van der Waals surface area (Å²) in [5.41, 5.74) is 2.33. The predicted octanol–water partition coefficient (Wildman–Crippen LogP) is 3.92. The molecule has 2 N–H and O–H groups in total. The van der Waals surface area contributed by atoms with Crippen molar-refractivity contribution >= 4 is 52.2 Å². The molecule has 0 saturated carbocycles. The summed E-state index contributed by atoms with van der Waals surface area (Å²) in [6.07, 6.45) is -1.12. The molecule has 0 saturated heterocycles. The second kappa shape index (κ2) is 8.27. The van der Waals surface area contributed by atoms with Gasteiger partial charge in [-0.2, -0.15) is 0 Å². The lowest BCUT2D eigenvalue weighted by atomic mass is 10.00. The number of hydrogen-bond donors (Lipinski definition) is 2. The van der Waals surface area contributed by atoms with Crippen molar-refractivity contribution in [1.82, 2.24) is 5.32 Å². The normalized spacial score (nSPS) is 16.5.